The van der Waals surface area contributed by atoms with Gasteiger partial charge in [-0.2, -0.15) is 0 Å². The van der Waals surface area contributed by atoms with Gasteiger partial charge in [-0.05, 0) is 63.8 Å². The number of hydrogen-bond donors (Lipinski definition) is 0. The normalized spacial score (nSPS) is 16.1. The van der Waals surface area contributed by atoms with Crippen molar-refractivity contribution in [2.45, 2.75) is 50.8 Å². The number of pyridine rings is 1. The molecule has 1 saturated heterocycles. The molecule has 0 saturated carbocycles. The molecule has 1 aliphatic rings. The maximum atomic E-state index is 12.5. The lowest BCUT2D eigenvalue weighted by Gasteiger charge is -2.20. The van der Waals surface area contributed by atoms with Crippen molar-refractivity contribution in [1.82, 2.24) is 9.88 Å². The van der Waals surface area contributed by atoms with E-state index in [1.54, 1.807) is 11.8 Å². The summed E-state index contributed by atoms with van der Waals surface area (Å²) in [5, 5.41) is 2.08. The van der Waals surface area contributed by atoms with E-state index < -0.39 is 0 Å². The molecule has 2 aromatic rings. The van der Waals surface area contributed by atoms with Crippen molar-refractivity contribution in [3.05, 3.63) is 34.9 Å². The molecule has 23 heavy (non-hydrogen) atoms. The Bertz CT molecular complexity index is 751. The average Bonchev–Trinajstić information content (AvgIpc) is 3.02. The number of aromatic nitrogens is 1. The Morgan fingerprint density at radius 2 is 1.83 bits per heavy atom. The molecule has 1 fully saturated rings. The van der Waals surface area contributed by atoms with Crippen LogP contribution in [0.3, 0.4) is 0 Å². The van der Waals surface area contributed by atoms with Gasteiger partial charge in [-0.25, -0.2) is 4.98 Å². The van der Waals surface area contributed by atoms with Gasteiger partial charge in [0.1, 0.15) is 0 Å². The van der Waals surface area contributed by atoms with Crippen molar-refractivity contribution in [1.29, 1.82) is 0 Å². The first kappa shape index (κ1) is 16.3. The highest BCUT2D eigenvalue weighted by Crippen LogP contribution is 2.30. The second kappa shape index (κ2) is 6.52. The van der Waals surface area contributed by atoms with E-state index in [4.69, 9.17) is 4.98 Å². The molecule has 0 aliphatic carbocycles. The van der Waals surface area contributed by atoms with Crippen LogP contribution in [0.4, 0.5) is 0 Å². The van der Waals surface area contributed by atoms with E-state index in [1.165, 1.54) is 22.1 Å². The third-order valence-electron chi connectivity index (χ3n) is 4.49. The third-order valence-corrected chi connectivity index (χ3v) is 5.50. The number of nitrogens with zero attached hydrogens (tertiary/aromatic N) is 2. The summed E-state index contributed by atoms with van der Waals surface area (Å²) < 4.78 is 0. The number of fused-ring (bicyclic) bond motifs is 1. The summed E-state index contributed by atoms with van der Waals surface area (Å²) in [5.74, 6) is 0.243. The van der Waals surface area contributed by atoms with Crippen LogP contribution >= 0.6 is 11.8 Å². The Balaban J connectivity index is 1.87. The Morgan fingerprint density at radius 1 is 1.13 bits per heavy atom. The van der Waals surface area contributed by atoms with Crippen LogP contribution in [0.25, 0.3) is 10.9 Å². The van der Waals surface area contributed by atoms with Crippen molar-refractivity contribution in [3.63, 3.8) is 0 Å². The molecule has 3 rings (SSSR count). The van der Waals surface area contributed by atoms with E-state index >= 15 is 0 Å². The van der Waals surface area contributed by atoms with Crippen LogP contribution in [-0.4, -0.2) is 34.1 Å². The number of carbonyl (C=O) groups excluding carboxylic acids is 1. The van der Waals surface area contributed by atoms with Crippen LogP contribution in [0.1, 0.15) is 36.5 Å². The van der Waals surface area contributed by atoms with E-state index in [-0.39, 0.29) is 11.2 Å². The fraction of sp³-hybridized carbons (Fsp3) is 0.474. The van der Waals surface area contributed by atoms with Crippen LogP contribution in [0.2, 0.25) is 0 Å². The molecule has 0 radical (unpaired) electrons. The molecule has 122 valence electrons. The van der Waals surface area contributed by atoms with Crippen LogP contribution in [0.5, 0.6) is 0 Å². The first-order valence-electron chi connectivity index (χ1n) is 8.30. The molecule has 0 bridgehead atoms. The Hall–Kier alpha value is -1.55. The van der Waals surface area contributed by atoms with Crippen LogP contribution in [0.15, 0.2) is 23.2 Å². The van der Waals surface area contributed by atoms with E-state index in [0.717, 1.165) is 36.5 Å². The lowest BCUT2D eigenvalue weighted by Crippen LogP contribution is -2.34. The van der Waals surface area contributed by atoms with Gasteiger partial charge < -0.3 is 4.90 Å². The summed E-state index contributed by atoms with van der Waals surface area (Å²) in [5.41, 5.74) is 4.74. The Labute approximate surface area is 142 Å². The lowest BCUT2D eigenvalue weighted by atomic mass is 10.0. The zero-order valence-corrected chi connectivity index (χ0v) is 15.2. The van der Waals surface area contributed by atoms with Gasteiger partial charge in [0.25, 0.3) is 0 Å². The number of amides is 1. The SMILES string of the molecule is Cc1cc(C)c2nc(SC(C)C(=O)N3CCCC3)cc(C)c2c1. The monoisotopic (exact) mass is 328 g/mol. The second-order valence-corrected chi connectivity index (χ2v) is 7.91. The molecule has 1 aromatic heterocycles. The van der Waals surface area contributed by atoms with Gasteiger partial charge in [0.05, 0.1) is 15.8 Å². The summed E-state index contributed by atoms with van der Waals surface area (Å²) in [6.45, 7) is 10.2. The predicted molar refractivity (Wildman–Crippen MR) is 97.1 cm³/mol. The highest BCUT2D eigenvalue weighted by molar-refractivity contribution is 8.00. The maximum absolute atomic E-state index is 12.5. The zero-order chi connectivity index (χ0) is 16.6. The molecule has 0 spiro atoms. The molecule has 1 atom stereocenters. The van der Waals surface area contributed by atoms with Gasteiger partial charge in [-0.1, -0.05) is 23.4 Å². The quantitative estimate of drug-likeness (QED) is 0.789. The molecule has 1 aliphatic heterocycles. The molecule has 4 heteroatoms. The number of benzene rings is 1. The van der Waals surface area contributed by atoms with Crippen molar-refractivity contribution < 1.29 is 4.79 Å². The summed E-state index contributed by atoms with van der Waals surface area (Å²) in [7, 11) is 0. The number of carbonyl (C=O) groups is 1. The fourth-order valence-electron chi connectivity index (χ4n) is 3.30. The molecular weight excluding hydrogens is 304 g/mol. The van der Waals surface area contributed by atoms with Gasteiger partial charge >= 0.3 is 0 Å². The number of likely N-dealkylation sites (tertiary alicyclic amines) is 1. The van der Waals surface area contributed by atoms with Crippen molar-refractivity contribution in [2.24, 2.45) is 0 Å². The van der Waals surface area contributed by atoms with Gasteiger partial charge in [-0.15, -0.1) is 0 Å². The first-order valence-corrected chi connectivity index (χ1v) is 9.17. The van der Waals surface area contributed by atoms with Crippen molar-refractivity contribution in [3.8, 4) is 0 Å². The van der Waals surface area contributed by atoms with Crippen LogP contribution in [0, 0.1) is 20.8 Å². The van der Waals surface area contributed by atoms with E-state index in [2.05, 4.69) is 39.0 Å². The van der Waals surface area contributed by atoms with Crippen molar-refractivity contribution >= 4 is 28.6 Å². The molecule has 1 aromatic carbocycles. The summed E-state index contributed by atoms with van der Waals surface area (Å²) >= 11 is 1.58. The van der Waals surface area contributed by atoms with Crippen molar-refractivity contribution in [2.75, 3.05) is 13.1 Å². The fourth-order valence-corrected chi connectivity index (χ4v) is 4.30. The average molecular weight is 328 g/mol. The lowest BCUT2D eigenvalue weighted by molar-refractivity contribution is -0.129. The highest BCUT2D eigenvalue weighted by Gasteiger charge is 2.24. The molecule has 0 N–H and O–H groups in total. The summed E-state index contributed by atoms with van der Waals surface area (Å²) in [6, 6.07) is 6.47. The second-order valence-electron chi connectivity index (χ2n) is 6.55. The first-order chi connectivity index (χ1) is 11.0. The maximum Gasteiger partial charge on any atom is 0.235 e. The third kappa shape index (κ3) is 3.37. The number of rotatable bonds is 3. The van der Waals surface area contributed by atoms with Gasteiger partial charge in [-0.3, -0.25) is 4.79 Å². The topological polar surface area (TPSA) is 33.2 Å². The van der Waals surface area contributed by atoms with Crippen LogP contribution in [-0.2, 0) is 4.79 Å². The van der Waals surface area contributed by atoms with Gasteiger partial charge in [0, 0.05) is 18.5 Å². The standard InChI is InChI=1S/C19H24N2OS/c1-12-9-14(3)18-16(10-12)13(2)11-17(20-18)23-15(4)19(22)21-7-5-6-8-21/h9-11,15H,5-8H2,1-4H3. The van der Waals surface area contributed by atoms with Gasteiger partial charge in [0.2, 0.25) is 5.91 Å². The largest absolute Gasteiger partial charge is 0.342 e. The van der Waals surface area contributed by atoms with Crippen LogP contribution < -0.4 is 0 Å². The number of thioether (sulfide) groups is 1. The Morgan fingerprint density at radius 3 is 2.52 bits per heavy atom. The minimum atomic E-state index is -0.0804. The Kier molecular flexibility index (Phi) is 4.62. The predicted octanol–water partition coefficient (Wildman–Crippen LogP) is 4.26. The van der Waals surface area contributed by atoms with E-state index in [1.807, 2.05) is 11.8 Å². The minimum absolute atomic E-state index is 0.0804. The number of hydrogen-bond acceptors (Lipinski definition) is 3. The molecule has 1 unspecified atom stereocenters. The zero-order valence-electron chi connectivity index (χ0n) is 14.3. The molecule has 2 heterocycles. The van der Waals surface area contributed by atoms with E-state index in [9.17, 15) is 4.79 Å². The minimum Gasteiger partial charge on any atom is -0.342 e. The molecular formula is C19H24N2OS. The summed E-state index contributed by atoms with van der Waals surface area (Å²) in [6.07, 6.45) is 2.27. The molecule has 1 amide bonds. The highest BCUT2D eigenvalue weighted by atomic mass is 32.2. The van der Waals surface area contributed by atoms with E-state index in [0.29, 0.717) is 0 Å². The molecule has 3 nitrogen and oxygen atoms in total. The van der Waals surface area contributed by atoms with Gasteiger partial charge in [0.15, 0.2) is 0 Å². The number of aryl methyl sites for hydroxylation is 3. The summed E-state index contributed by atoms with van der Waals surface area (Å²) in [4.78, 5) is 19.3. The smallest absolute Gasteiger partial charge is 0.235 e.